The number of pyridine rings is 1. The minimum Gasteiger partial charge on any atom is -0.295 e. The number of hydrogen-bond donors (Lipinski definition) is 0. The van der Waals surface area contributed by atoms with E-state index in [2.05, 4.69) is 4.98 Å². The number of rotatable bonds is 2. The monoisotopic (exact) mass is 211 g/mol. The number of carbonyl (C=O) groups excluding carboxylic acids is 1. The van der Waals surface area contributed by atoms with Crippen molar-refractivity contribution >= 4 is 22.8 Å². The second-order valence-electron chi connectivity index (χ2n) is 3.86. The van der Waals surface area contributed by atoms with Crippen LogP contribution in [0, 0.1) is 6.92 Å². The summed E-state index contributed by atoms with van der Waals surface area (Å²) in [5.41, 5.74) is 3.13. The van der Waals surface area contributed by atoms with E-state index in [-0.39, 0.29) is 5.78 Å². The van der Waals surface area contributed by atoms with Crippen molar-refractivity contribution in [3.05, 3.63) is 47.7 Å². The van der Waals surface area contributed by atoms with Crippen LogP contribution >= 0.6 is 0 Å². The van der Waals surface area contributed by atoms with Gasteiger partial charge < -0.3 is 0 Å². The molecule has 2 heteroatoms. The molecule has 0 aliphatic carbocycles. The van der Waals surface area contributed by atoms with Gasteiger partial charge in [0.15, 0.2) is 5.78 Å². The van der Waals surface area contributed by atoms with Crippen molar-refractivity contribution in [2.45, 2.75) is 13.8 Å². The van der Waals surface area contributed by atoms with Gasteiger partial charge in [0, 0.05) is 11.6 Å². The van der Waals surface area contributed by atoms with Crippen molar-refractivity contribution in [3.63, 3.8) is 0 Å². The summed E-state index contributed by atoms with van der Waals surface area (Å²) in [6.07, 6.45) is 5.13. The normalized spacial score (nSPS) is 11.1. The predicted octanol–water partition coefficient (Wildman–Crippen LogP) is 3.15. The van der Waals surface area contributed by atoms with Gasteiger partial charge in [-0.2, -0.15) is 0 Å². The molecule has 0 saturated carbocycles. The number of hydrogen-bond acceptors (Lipinski definition) is 2. The Balaban J connectivity index is 2.49. The maximum atomic E-state index is 10.8. The second kappa shape index (κ2) is 4.27. The molecule has 0 unspecified atom stereocenters. The van der Waals surface area contributed by atoms with Gasteiger partial charge in [-0.25, -0.2) is 0 Å². The predicted molar refractivity (Wildman–Crippen MR) is 66.2 cm³/mol. The number of fused-ring (bicyclic) bond motifs is 1. The van der Waals surface area contributed by atoms with Gasteiger partial charge >= 0.3 is 0 Å². The first-order valence-corrected chi connectivity index (χ1v) is 5.21. The average molecular weight is 211 g/mol. The quantitative estimate of drug-likeness (QED) is 0.714. The molecule has 2 rings (SSSR count). The maximum Gasteiger partial charge on any atom is 0.152 e. The minimum atomic E-state index is 0.0457. The van der Waals surface area contributed by atoms with E-state index in [0.717, 1.165) is 16.5 Å². The van der Waals surface area contributed by atoms with Crippen molar-refractivity contribution in [3.8, 4) is 0 Å². The van der Waals surface area contributed by atoms with Crippen molar-refractivity contribution in [1.82, 2.24) is 4.98 Å². The average Bonchev–Trinajstić information content (AvgIpc) is 2.26. The molecular weight excluding hydrogens is 198 g/mol. The van der Waals surface area contributed by atoms with Gasteiger partial charge in [-0.05, 0) is 43.2 Å². The Hall–Kier alpha value is -1.96. The van der Waals surface area contributed by atoms with Crippen LogP contribution in [0.15, 0.2) is 36.5 Å². The van der Waals surface area contributed by atoms with Gasteiger partial charge in [-0.1, -0.05) is 18.2 Å². The van der Waals surface area contributed by atoms with E-state index in [9.17, 15) is 4.79 Å². The second-order valence-corrected chi connectivity index (χ2v) is 3.86. The topological polar surface area (TPSA) is 30.0 Å². The van der Waals surface area contributed by atoms with E-state index in [0.29, 0.717) is 0 Å². The lowest BCUT2D eigenvalue weighted by atomic mass is 10.1. The maximum absolute atomic E-state index is 10.8. The van der Waals surface area contributed by atoms with Crippen molar-refractivity contribution in [2.24, 2.45) is 0 Å². The fourth-order valence-corrected chi connectivity index (χ4v) is 1.64. The Labute approximate surface area is 94.6 Å². The van der Waals surface area contributed by atoms with Crippen LogP contribution in [0.2, 0.25) is 0 Å². The lowest BCUT2D eigenvalue weighted by Crippen LogP contribution is -1.85. The largest absolute Gasteiger partial charge is 0.295 e. The fraction of sp³-hybridized carbons (Fsp3) is 0.143. The SMILES string of the molecule is CC(=O)C=Cc1cnc2c(C)cccc2c1. The number of para-hydroxylation sites is 1. The highest BCUT2D eigenvalue weighted by Crippen LogP contribution is 2.17. The van der Waals surface area contributed by atoms with Gasteiger partial charge in [0.05, 0.1) is 5.52 Å². The summed E-state index contributed by atoms with van der Waals surface area (Å²) in [5, 5.41) is 1.10. The summed E-state index contributed by atoms with van der Waals surface area (Å²) in [5.74, 6) is 0.0457. The molecule has 16 heavy (non-hydrogen) atoms. The first-order chi connectivity index (χ1) is 7.66. The summed E-state index contributed by atoms with van der Waals surface area (Å²) in [7, 11) is 0. The highest BCUT2D eigenvalue weighted by atomic mass is 16.1. The molecule has 0 N–H and O–H groups in total. The molecule has 0 spiro atoms. The summed E-state index contributed by atoms with van der Waals surface area (Å²) < 4.78 is 0. The van der Waals surface area contributed by atoms with Crippen LogP contribution in [-0.4, -0.2) is 10.8 Å². The summed E-state index contributed by atoms with van der Waals surface area (Å²) in [6, 6.07) is 8.12. The van der Waals surface area contributed by atoms with Crippen LogP contribution in [0.1, 0.15) is 18.1 Å². The number of benzene rings is 1. The zero-order valence-corrected chi connectivity index (χ0v) is 9.40. The standard InChI is InChI=1S/C14H13NO/c1-10-4-3-5-13-8-12(7-6-11(2)16)9-15-14(10)13/h3-9H,1-2H3. The van der Waals surface area contributed by atoms with Crippen LogP contribution < -0.4 is 0 Å². The van der Waals surface area contributed by atoms with E-state index in [4.69, 9.17) is 0 Å². The lowest BCUT2D eigenvalue weighted by molar-refractivity contribution is -0.112. The number of ketones is 1. The number of carbonyl (C=O) groups is 1. The molecule has 0 aliphatic rings. The van der Waals surface area contributed by atoms with Crippen LogP contribution in [0.4, 0.5) is 0 Å². The summed E-state index contributed by atoms with van der Waals surface area (Å²) in [6.45, 7) is 3.58. The first-order valence-electron chi connectivity index (χ1n) is 5.21. The van der Waals surface area contributed by atoms with Crippen molar-refractivity contribution in [1.29, 1.82) is 0 Å². The molecule has 1 aromatic carbocycles. The number of nitrogens with zero attached hydrogens (tertiary/aromatic N) is 1. The smallest absolute Gasteiger partial charge is 0.152 e. The Morgan fingerprint density at radius 1 is 1.38 bits per heavy atom. The molecule has 0 saturated heterocycles. The van der Waals surface area contributed by atoms with Gasteiger partial charge in [-0.15, -0.1) is 0 Å². The molecule has 0 fully saturated rings. The molecule has 0 amide bonds. The number of allylic oxidation sites excluding steroid dienone is 1. The van der Waals surface area contributed by atoms with Gasteiger partial charge in [0.25, 0.3) is 0 Å². The van der Waals surface area contributed by atoms with E-state index in [1.165, 1.54) is 12.5 Å². The molecule has 0 aliphatic heterocycles. The summed E-state index contributed by atoms with van der Waals surface area (Å²) >= 11 is 0. The minimum absolute atomic E-state index is 0.0457. The van der Waals surface area contributed by atoms with E-state index in [1.54, 1.807) is 18.3 Å². The Bertz CT molecular complexity index is 570. The third-order valence-corrected chi connectivity index (χ3v) is 2.44. The van der Waals surface area contributed by atoms with Crippen LogP contribution in [0.25, 0.3) is 17.0 Å². The van der Waals surface area contributed by atoms with Crippen LogP contribution in [0.5, 0.6) is 0 Å². The Morgan fingerprint density at radius 3 is 2.94 bits per heavy atom. The van der Waals surface area contributed by atoms with E-state index >= 15 is 0 Å². The van der Waals surface area contributed by atoms with E-state index < -0.39 is 0 Å². The van der Waals surface area contributed by atoms with Gasteiger partial charge in [0.1, 0.15) is 0 Å². The Kier molecular flexibility index (Phi) is 2.82. The molecule has 1 heterocycles. The molecule has 1 aromatic heterocycles. The molecular formula is C14H13NO. The van der Waals surface area contributed by atoms with Crippen molar-refractivity contribution in [2.75, 3.05) is 0 Å². The summed E-state index contributed by atoms with van der Waals surface area (Å²) in [4.78, 5) is 15.2. The third kappa shape index (κ3) is 2.16. The van der Waals surface area contributed by atoms with Crippen LogP contribution in [-0.2, 0) is 4.79 Å². The first kappa shape index (κ1) is 10.6. The molecule has 0 atom stereocenters. The number of aryl methyl sites for hydroxylation is 1. The number of aromatic nitrogens is 1. The van der Waals surface area contributed by atoms with Crippen LogP contribution in [0.3, 0.4) is 0 Å². The van der Waals surface area contributed by atoms with E-state index in [1.807, 2.05) is 31.2 Å². The van der Waals surface area contributed by atoms with Gasteiger partial charge in [0.2, 0.25) is 0 Å². The molecule has 0 radical (unpaired) electrons. The third-order valence-electron chi connectivity index (χ3n) is 2.44. The lowest BCUT2D eigenvalue weighted by Gasteiger charge is -2.01. The molecule has 0 bridgehead atoms. The fourth-order valence-electron chi connectivity index (χ4n) is 1.64. The highest BCUT2D eigenvalue weighted by Gasteiger charge is 1.98. The molecule has 80 valence electrons. The zero-order valence-electron chi connectivity index (χ0n) is 9.40. The molecule has 2 nitrogen and oxygen atoms in total. The Morgan fingerprint density at radius 2 is 2.19 bits per heavy atom. The molecule has 2 aromatic rings. The van der Waals surface area contributed by atoms with Crippen molar-refractivity contribution < 1.29 is 4.79 Å². The highest BCUT2D eigenvalue weighted by molar-refractivity contribution is 5.92. The van der Waals surface area contributed by atoms with Gasteiger partial charge in [-0.3, -0.25) is 9.78 Å². The zero-order chi connectivity index (χ0) is 11.5.